The zero-order valence-corrected chi connectivity index (χ0v) is 25.3. The normalized spacial score (nSPS) is 19.0. The lowest BCUT2D eigenvalue weighted by Gasteiger charge is -2.20. The Bertz CT molecular complexity index is 1370. The van der Waals surface area contributed by atoms with Crippen LogP contribution in [0.1, 0.15) is 33.6 Å². The average Bonchev–Trinajstić information content (AvgIpc) is 3.46. The van der Waals surface area contributed by atoms with Gasteiger partial charge in [-0.25, -0.2) is 21.6 Å². The highest BCUT2D eigenvalue weighted by molar-refractivity contribution is 8.13. The molecule has 10 nitrogen and oxygen atoms in total. The van der Waals surface area contributed by atoms with Crippen molar-refractivity contribution in [3.05, 3.63) is 57.6 Å². The third-order valence-corrected chi connectivity index (χ3v) is 6.95. The number of nitrogens with two attached hydrogens (primary N) is 1. The second kappa shape index (κ2) is 14.6. The van der Waals surface area contributed by atoms with E-state index >= 15 is 0 Å². The van der Waals surface area contributed by atoms with Gasteiger partial charge in [0, 0.05) is 81.5 Å². The summed E-state index contributed by atoms with van der Waals surface area (Å²) in [4.78, 5) is 26.0. The van der Waals surface area contributed by atoms with Gasteiger partial charge in [0.2, 0.25) is 19.1 Å². The minimum atomic E-state index is -3.21. The second-order valence-electron chi connectivity index (χ2n) is 9.14. The predicted molar refractivity (Wildman–Crippen MR) is 158 cm³/mol. The SMILES string of the molecule is CS(=O)(=O)Cl.CS(=O)(=O)N[C@@H]1CCN(c2cc(Cl)ccc2C=O)C1.N[C@@H]1CCN(c2cc(Cl)ccc2C=O)C1. The number of hydrogen-bond donors (Lipinski definition) is 2. The lowest BCUT2D eigenvalue weighted by atomic mass is 10.2. The van der Waals surface area contributed by atoms with Crippen LogP contribution in [0.15, 0.2) is 36.4 Å². The number of halogens is 3. The van der Waals surface area contributed by atoms with Crippen molar-refractivity contribution in [3.8, 4) is 0 Å². The number of benzene rings is 2. The minimum absolute atomic E-state index is 0.131. The van der Waals surface area contributed by atoms with Gasteiger partial charge in [0.25, 0.3) is 0 Å². The van der Waals surface area contributed by atoms with E-state index in [-0.39, 0.29) is 12.1 Å². The van der Waals surface area contributed by atoms with Crippen LogP contribution in [0.25, 0.3) is 0 Å². The molecule has 0 spiro atoms. The van der Waals surface area contributed by atoms with E-state index < -0.39 is 19.1 Å². The van der Waals surface area contributed by atoms with Crippen molar-refractivity contribution >= 4 is 76.9 Å². The molecule has 2 aromatic rings. The summed E-state index contributed by atoms with van der Waals surface area (Å²) in [7, 11) is -1.90. The Labute approximate surface area is 243 Å². The smallest absolute Gasteiger partial charge is 0.229 e. The average molecular weight is 642 g/mol. The zero-order valence-electron chi connectivity index (χ0n) is 21.4. The fourth-order valence-electron chi connectivity index (χ4n) is 4.16. The highest BCUT2D eigenvalue weighted by Gasteiger charge is 2.26. The highest BCUT2D eigenvalue weighted by atomic mass is 35.7. The molecular formula is C24H31Cl3N4O6S2. The van der Waals surface area contributed by atoms with Crippen molar-refractivity contribution < 1.29 is 26.4 Å². The van der Waals surface area contributed by atoms with E-state index in [1.807, 2.05) is 11.0 Å². The van der Waals surface area contributed by atoms with Gasteiger partial charge in [-0.3, -0.25) is 9.59 Å². The molecule has 2 aliphatic heterocycles. The van der Waals surface area contributed by atoms with Gasteiger partial charge in [0.05, 0.1) is 12.5 Å². The molecule has 4 rings (SSSR count). The molecular weight excluding hydrogens is 611 g/mol. The van der Waals surface area contributed by atoms with Gasteiger partial charge in [0.1, 0.15) is 0 Å². The summed E-state index contributed by atoms with van der Waals surface area (Å²) in [6.45, 7) is 2.91. The van der Waals surface area contributed by atoms with Crippen LogP contribution in [0.4, 0.5) is 11.4 Å². The summed E-state index contributed by atoms with van der Waals surface area (Å²) >= 11 is 11.9. The molecule has 39 heavy (non-hydrogen) atoms. The highest BCUT2D eigenvalue weighted by Crippen LogP contribution is 2.28. The number of aldehydes is 2. The maximum absolute atomic E-state index is 11.2. The number of carbonyl (C=O) groups excluding carboxylic acids is 2. The van der Waals surface area contributed by atoms with Crippen LogP contribution in [0.5, 0.6) is 0 Å². The third kappa shape index (κ3) is 12.0. The van der Waals surface area contributed by atoms with E-state index in [9.17, 15) is 26.4 Å². The Balaban J connectivity index is 0.000000238. The fraction of sp³-hybridized carbons (Fsp3) is 0.417. The Morgan fingerprint density at radius 1 is 0.846 bits per heavy atom. The van der Waals surface area contributed by atoms with Crippen LogP contribution in [-0.4, -0.2) is 80.2 Å². The van der Waals surface area contributed by atoms with E-state index in [0.29, 0.717) is 40.7 Å². The van der Waals surface area contributed by atoms with E-state index in [2.05, 4.69) is 20.3 Å². The van der Waals surface area contributed by atoms with Gasteiger partial charge in [-0.05, 0) is 49.2 Å². The van der Waals surface area contributed by atoms with Crippen molar-refractivity contribution in [1.29, 1.82) is 0 Å². The molecule has 0 saturated carbocycles. The second-order valence-corrected chi connectivity index (χ2v) is 14.8. The van der Waals surface area contributed by atoms with Gasteiger partial charge in [0.15, 0.2) is 12.6 Å². The van der Waals surface area contributed by atoms with E-state index in [1.54, 1.807) is 30.3 Å². The maximum atomic E-state index is 11.2. The number of hydrogen-bond acceptors (Lipinski definition) is 9. The van der Waals surface area contributed by atoms with Gasteiger partial charge in [-0.15, -0.1) is 0 Å². The molecule has 0 aliphatic carbocycles. The van der Waals surface area contributed by atoms with Gasteiger partial charge >= 0.3 is 0 Å². The van der Waals surface area contributed by atoms with Crippen LogP contribution in [-0.2, 0) is 19.1 Å². The molecule has 2 aliphatic rings. The molecule has 2 saturated heterocycles. The Kier molecular flexibility index (Phi) is 12.5. The standard InChI is InChI=1S/C12H15ClN2O3S.C11H13ClN2O.CH3ClO2S/c1-19(17,18)14-11-4-5-15(7-11)12-6-10(13)3-2-9(12)8-16;12-9-2-1-8(7-15)11(5-9)14-4-3-10(13)6-14;1-5(2,3)4/h2-3,6,8,11,14H,4-5,7H2,1H3;1-2,5,7,10H,3-4,6,13H2;1H3/t11-;10-;/m11./s1. The predicted octanol–water partition coefficient (Wildman–Crippen LogP) is 3.16. The van der Waals surface area contributed by atoms with Crippen LogP contribution in [0.3, 0.4) is 0 Å². The Hall–Kier alpha value is -1.93. The van der Waals surface area contributed by atoms with Crippen LogP contribution >= 0.6 is 33.9 Å². The molecule has 2 fully saturated rings. The topological polar surface area (TPSA) is 147 Å². The Morgan fingerprint density at radius 2 is 1.28 bits per heavy atom. The van der Waals surface area contributed by atoms with Crippen LogP contribution in [0, 0.1) is 0 Å². The molecule has 2 aromatic carbocycles. The number of rotatable bonds is 6. The summed E-state index contributed by atoms with van der Waals surface area (Å²) < 4.78 is 43.8. The lowest BCUT2D eigenvalue weighted by molar-refractivity contribution is 0.111. The summed E-state index contributed by atoms with van der Waals surface area (Å²) in [6.07, 6.45) is 5.38. The van der Waals surface area contributed by atoms with E-state index in [0.717, 1.165) is 56.0 Å². The monoisotopic (exact) mass is 640 g/mol. The zero-order chi connectivity index (χ0) is 29.4. The minimum Gasteiger partial charge on any atom is -0.369 e. The molecule has 0 radical (unpaired) electrons. The van der Waals surface area contributed by atoms with Crippen molar-refractivity contribution in [1.82, 2.24) is 4.72 Å². The van der Waals surface area contributed by atoms with Crippen molar-refractivity contribution in [2.45, 2.75) is 24.9 Å². The summed E-state index contributed by atoms with van der Waals surface area (Å²) in [5.41, 5.74) is 8.71. The molecule has 216 valence electrons. The summed E-state index contributed by atoms with van der Waals surface area (Å²) in [5, 5.41) is 1.20. The van der Waals surface area contributed by atoms with Crippen molar-refractivity contribution in [2.75, 3.05) is 48.5 Å². The first kappa shape index (κ1) is 33.3. The fourth-order valence-corrected chi connectivity index (χ4v) is 5.30. The van der Waals surface area contributed by atoms with Gasteiger partial charge < -0.3 is 15.5 Å². The molecule has 0 unspecified atom stereocenters. The largest absolute Gasteiger partial charge is 0.369 e. The van der Waals surface area contributed by atoms with Crippen LogP contribution in [0.2, 0.25) is 10.0 Å². The molecule has 3 N–H and O–H groups in total. The van der Waals surface area contributed by atoms with Gasteiger partial charge in [-0.2, -0.15) is 0 Å². The quantitative estimate of drug-likeness (QED) is 0.359. The van der Waals surface area contributed by atoms with E-state index in [1.165, 1.54) is 0 Å². The number of anilines is 2. The molecule has 0 aromatic heterocycles. The number of nitrogens with one attached hydrogen (secondary N) is 1. The molecule has 2 heterocycles. The summed E-state index contributed by atoms with van der Waals surface area (Å²) in [6, 6.07) is 10.4. The van der Waals surface area contributed by atoms with Crippen molar-refractivity contribution in [2.24, 2.45) is 5.73 Å². The van der Waals surface area contributed by atoms with Crippen LogP contribution < -0.4 is 20.3 Å². The Morgan fingerprint density at radius 3 is 1.67 bits per heavy atom. The number of nitrogens with zero attached hydrogens (tertiary/aromatic N) is 2. The van der Waals surface area contributed by atoms with Gasteiger partial charge in [-0.1, -0.05) is 23.2 Å². The third-order valence-electron chi connectivity index (χ3n) is 5.71. The molecule has 0 bridgehead atoms. The maximum Gasteiger partial charge on any atom is 0.229 e. The van der Waals surface area contributed by atoms with E-state index in [4.69, 9.17) is 28.9 Å². The molecule has 2 atom stereocenters. The first-order valence-electron chi connectivity index (χ1n) is 11.7. The molecule has 15 heteroatoms. The summed E-state index contributed by atoms with van der Waals surface area (Å²) in [5.74, 6) is 0. The van der Waals surface area contributed by atoms with Crippen molar-refractivity contribution in [3.63, 3.8) is 0 Å². The molecule has 0 amide bonds. The number of carbonyl (C=O) groups is 2. The first-order chi connectivity index (χ1) is 18.1. The first-order valence-corrected chi connectivity index (χ1v) is 17.1. The lowest BCUT2D eigenvalue weighted by Crippen LogP contribution is -2.36. The number of sulfonamides is 1.